The Hall–Kier alpha value is -0.320. The summed E-state index contributed by atoms with van der Waals surface area (Å²) in [4.78, 5) is 10.9. The number of rotatable bonds is 1. The molecule has 1 rings (SSSR count). The molecular weight excluding hydrogens is 182 g/mol. The summed E-state index contributed by atoms with van der Waals surface area (Å²) in [5.41, 5.74) is 0. The zero-order valence-electron chi connectivity index (χ0n) is 7.20. The van der Waals surface area contributed by atoms with Gasteiger partial charge in [0.25, 0.3) is 0 Å². The van der Waals surface area contributed by atoms with Crippen LogP contribution in [0.2, 0.25) is 0 Å². The predicted octanol–water partition coefficient (Wildman–Crippen LogP) is -0.0419. The van der Waals surface area contributed by atoms with Gasteiger partial charge >= 0.3 is 5.97 Å². The summed E-state index contributed by atoms with van der Waals surface area (Å²) < 4.78 is 9.79. The first-order valence-electron chi connectivity index (χ1n) is 3.67. The summed E-state index contributed by atoms with van der Waals surface area (Å²) in [5.74, 6) is -0.253. The number of morpholine rings is 1. The summed E-state index contributed by atoms with van der Waals surface area (Å²) in [6.45, 7) is 3.08. The van der Waals surface area contributed by atoms with Crippen LogP contribution in [-0.4, -0.2) is 38.4 Å². The van der Waals surface area contributed by atoms with E-state index in [2.05, 4.69) is 10.1 Å². The van der Waals surface area contributed by atoms with Gasteiger partial charge in [-0.05, 0) is 6.92 Å². The second-order valence-corrected chi connectivity index (χ2v) is 2.63. The Balaban J connectivity index is 0.00000121. The van der Waals surface area contributed by atoms with E-state index in [-0.39, 0.29) is 30.5 Å². The molecular formula is C7H14ClNO3. The Kier molecular flexibility index (Phi) is 5.20. The molecule has 1 fully saturated rings. The highest BCUT2D eigenvalue weighted by Crippen LogP contribution is 2.00. The van der Waals surface area contributed by atoms with Crippen molar-refractivity contribution in [3.63, 3.8) is 0 Å². The van der Waals surface area contributed by atoms with Crippen LogP contribution >= 0.6 is 12.4 Å². The van der Waals surface area contributed by atoms with Gasteiger partial charge in [-0.2, -0.15) is 0 Å². The summed E-state index contributed by atoms with van der Waals surface area (Å²) >= 11 is 0. The largest absolute Gasteiger partial charge is 0.468 e. The lowest BCUT2D eigenvalue weighted by molar-refractivity contribution is -0.147. The minimum Gasteiger partial charge on any atom is -0.468 e. The predicted molar refractivity (Wildman–Crippen MR) is 46.5 cm³/mol. The van der Waals surface area contributed by atoms with E-state index in [4.69, 9.17) is 4.74 Å². The second kappa shape index (κ2) is 5.35. The van der Waals surface area contributed by atoms with Crippen molar-refractivity contribution in [3.8, 4) is 0 Å². The maximum absolute atomic E-state index is 10.9. The van der Waals surface area contributed by atoms with E-state index >= 15 is 0 Å². The number of hydrogen-bond donors (Lipinski definition) is 1. The van der Waals surface area contributed by atoms with E-state index in [0.29, 0.717) is 13.2 Å². The average Bonchev–Trinajstić information content (AvgIpc) is 2.05. The van der Waals surface area contributed by atoms with Crippen LogP contribution in [0.1, 0.15) is 6.92 Å². The van der Waals surface area contributed by atoms with Gasteiger partial charge in [0.2, 0.25) is 0 Å². The number of ether oxygens (including phenoxy) is 2. The first-order valence-corrected chi connectivity index (χ1v) is 3.67. The molecule has 0 spiro atoms. The van der Waals surface area contributed by atoms with Gasteiger partial charge in [0.15, 0.2) is 0 Å². The van der Waals surface area contributed by atoms with Crippen LogP contribution in [0.4, 0.5) is 0 Å². The van der Waals surface area contributed by atoms with Crippen molar-refractivity contribution >= 4 is 18.4 Å². The van der Waals surface area contributed by atoms with Crippen molar-refractivity contribution in [1.82, 2.24) is 5.32 Å². The average molecular weight is 196 g/mol. The van der Waals surface area contributed by atoms with Gasteiger partial charge < -0.3 is 9.47 Å². The summed E-state index contributed by atoms with van der Waals surface area (Å²) in [6.07, 6.45) is 0.191. The van der Waals surface area contributed by atoms with Crippen molar-refractivity contribution in [2.24, 2.45) is 0 Å². The molecule has 72 valence electrons. The monoisotopic (exact) mass is 195 g/mol. The van der Waals surface area contributed by atoms with Gasteiger partial charge in [-0.3, -0.25) is 10.1 Å². The molecule has 0 bridgehead atoms. The fraction of sp³-hybridized carbons (Fsp3) is 0.857. The van der Waals surface area contributed by atoms with Gasteiger partial charge in [-0.25, -0.2) is 0 Å². The first kappa shape index (κ1) is 11.7. The number of methoxy groups -OCH3 is 1. The Morgan fingerprint density at radius 3 is 2.75 bits per heavy atom. The van der Waals surface area contributed by atoms with Crippen LogP contribution < -0.4 is 5.32 Å². The van der Waals surface area contributed by atoms with Crippen molar-refractivity contribution in [3.05, 3.63) is 0 Å². The molecule has 0 unspecified atom stereocenters. The number of nitrogens with one attached hydrogen (secondary N) is 1. The molecule has 0 radical (unpaired) electrons. The maximum atomic E-state index is 10.9. The lowest BCUT2D eigenvalue weighted by Crippen LogP contribution is -2.49. The Morgan fingerprint density at radius 2 is 2.33 bits per heavy atom. The van der Waals surface area contributed by atoms with Crippen molar-refractivity contribution < 1.29 is 14.3 Å². The summed E-state index contributed by atoms with van der Waals surface area (Å²) in [5, 5.41) is 3.02. The highest BCUT2D eigenvalue weighted by atomic mass is 35.5. The summed E-state index contributed by atoms with van der Waals surface area (Å²) in [7, 11) is 1.38. The standard InChI is InChI=1S/C7H13NO3.ClH/c1-5-3-8-6(4-11-5)7(9)10-2;/h5-6,8H,3-4H2,1-2H3;1H/t5-,6+;/m0./s1. The third-order valence-electron chi connectivity index (χ3n) is 1.68. The molecule has 0 aromatic heterocycles. The van der Waals surface area contributed by atoms with Crippen molar-refractivity contribution in [2.75, 3.05) is 20.3 Å². The Bertz CT molecular complexity index is 146. The Morgan fingerprint density at radius 1 is 1.67 bits per heavy atom. The van der Waals surface area contributed by atoms with Crippen molar-refractivity contribution in [1.29, 1.82) is 0 Å². The quantitative estimate of drug-likeness (QED) is 0.597. The van der Waals surface area contributed by atoms with Crippen molar-refractivity contribution in [2.45, 2.75) is 19.1 Å². The highest BCUT2D eigenvalue weighted by molar-refractivity contribution is 5.85. The third-order valence-corrected chi connectivity index (χ3v) is 1.68. The van der Waals surface area contributed by atoms with Crippen LogP contribution in [0, 0.1) is 0 Å². The molecule has 0 saturated carbocycles. The number of esters is 1. The maximum Gasteiger partial charge on any atom is 0.325 e. The zero-order chi connectivity index (χ0) is 8.27. The van der Waals surface area contributed by atoms with Gasteiger partial charge in [-0.15, -0.1) is 12.4 Å². The lowest BCUT2D eigenvalue weighted by Gasteiger charge is -2.26. The third kappa shape index (κ3) is 2.97. The van der Waals surface area contributed by atoms with E-state index < -0.39 is 0 Å². The van der Waals surface area contributed by atoms with Gasteiger partial charge in [0.1, 0.15) is 6.04 Å². The molecule has 0 aliphatic carbocycles. The fourth-order valence-corrected chi connectivity index (χ4v) is 0.980. The van der Waals surface area contributed by atoms with E-state index in [9.17, 15) is 4.79 Å². The molecule has 1 aliphatic heterocycles. The minimum absolute atomic E-state index is 0. The van der Waals surface area contributed by atoms with Crippen LogP contribution in [-0.2, 0) is 14.3 Å². The normalized spacial score (nSPS) is 28.8. The van der Waals surface area contributed by atoms with Crippen LogP contribution in [0.5, 0.6) is 0 Å². The van der Waals surface area contributed by atoms with E-state index in [0.717, 1.165) is 0 Å². The molecule has 0 amide bonds. The molecule has 1 saturated heterocycles. The van der Waals surface area contributed by atoms with Gasteiger partial charge in [0.05, 0.1) is 19.8 Å². The van der Waals surface area contributed by atoms with Crippen LogP contribution in [0.25, 0.3) is 0 Å². The van der Waals surface area contributed by atoms with Gasteiger partial charge in [-0.1, -0.05) is 0 Å². The Labute approximate surface area is 78.0 Å². The molecule has 0 aromatic rings. The summed E-state index contributed by atoms with van der Waals surface area (Å²) in [6, 6.07) is -0.281. The van der Waals surface area contributed by atoms with E-state index in [1.54, 1.807) is 0 Å². The molecule has 12 heavy (non-hydrogen) atoms. The molecule has 4 nitrogen and oxygen atoms in total. The highest BCUT2D eigenvalue weighted by Gasteiger charge is 2.24. The molecule has 1 heterocycles. The smallest absolute Gasteiger partial charge is 0.325 e. The lowest BCUT2D eigenvalue weighted by atomic mass is 10.2. The molecule has 5 heteroatoms. The number of halogens is 1. The number of hydrogen-bond acceptors (Lipinski definition) is 4. The van der Waals surface area contributed by atoms with Crippen LogP contribution in [0.15, 0.2) is 0 Å². The SMILES string of the molecule is COC(=O)[C@H]1CO[C@@H](C)CN1.Cl. The number of carbonyl (C=O) groups is 1. The van der Waals surface area contributed by atoms with Crippen LogP contribution in [0.3, 0.4) is 0 Å². The molecule has 1 N–H and O–H groups in total. The molecule has 0 aromatic carbocycles. The fourth-order valence-electron chi connectivity index (χ4n) is 0.980. The van der Waals surface area contributed by atoms with Gasteiger partial charge in [0, 0.05) is 6.54 Å². The van der Waals surface area contributed by atoms with E-state index in [1.807, 2.05) is 6.92 Å². The molecule has 2 atom stereocenters. The second-order valence-electron chi connectivity index (χ2n) is 2.63. The number of carbonyl (C=O) groups excluding carboxylic acids is 1. The zero-order valence-corrected chi connectivity index (χ0v) is 8.02. The molecule has 1 aliphatic rings. The van der Waals surface area contributed by atoms with E-state index in [1.165, 1.54) is 7.11 Å². The first-order chi connectivity index (χ1) is 5.24. The topological polar surface area (TPSA) is 47.6 Å². The minimum atomic E-state index is -0.281.